The Labute approximate surface area is 185 Å². The Balaban J connectivity index is 1.56. The highest BCUT2D eigenvalue weighted by molar-refractivity contribution is 5.47. The largest absolute Gasteiger partial charge is 0.497 e. The van der Waals surface area contributed by atoms with Crippen molar-refractivity contribution in [2.45, 2.75) is 24.7 Å². The van der Waals surface area contributed by atoms with Gasteiger partial charge in [-0.1, -0.05) is 72.8 Å². The molecule has 0 saturated carbocycles. The third-order valence-corrected chi connectivity index (χ3v) is 6.63. The van der Waals surface area contributed by atoms with Crippen molar-refractivity contribution in [3.05, 3.63) is 102 Å². The summed E-state index contributed by atoms with van der Waals surface area (Å²) in [5, 5.41) is 10.6. The number of hydrogen-bond acceptors (Lipinski definition) is 3. The number of rotatable bonds is 7. The monoisotopic (exact) mass is 410 g/mol. The lowest BCUT2D eigenvalue weighted by Gasteiger charge is -2.42. The van der Waals surface area contributed by atoms with Gasteiger partial charge in [0.1, 0.15) is 11.2 Å². The Kier molecular flexibility index (Phi) is 6.70. The molecule has 3 nitrogen and oxygen atoms in total. The summed E-state index contributed by atoms with van der Waals surface area (Å²) in [4.78, 5) is 2.54. The predicted octanol–water partition coefficient (Wildman–Crippen LogP) is 5.46. The third kappa shape index (κ3) is 4.50. The number of hydrogen-bond donors (Lipinski definition) is 0. The van der Waals surface area contributed by atoms with E-state index in [-0.39, 0.29) is 5.92 Å². The second kappa shape index (κ2) is 9.81. The molecule has 1 saturated heterocycles. The second-order valence-corrected chi connectivity index (χ2v) is 8.39. The van der Waals surface area contributed by atoms with Crippen LogP contribution in [0.2, 0.25) is 0 Å². The fourth-order valence-electron chi connectivity index (χ4n) is 4.95. The number of piperidine rings is 1. The van der Waals surface area contributed by atoms with E-state index in [2.05, 4.69) is 71.6 Å². The maximum Gasteiger partial charge on any atom is 0.118 e. The van der Waals surface area contributed by atoms with E-state index in [0.717, 1.165) is 55.8 Å². The van der Waals surface area contributed by atoms with Crippen LogP contribution in [0.4, 0.5) is 0 Å². The highest BCUT2D eigenvalue weighted by Gasteiger charge is 2.44. The normalized spacial score (nSPS) is 17.1. The maximum atomic E-state index is 10.6. The van der Waals surface area contributed by atoms with Crippen LogP contribution in [0, 0.1) is 17.2 Å². The molecule has 0 radical (unpaired) electrons. The first kappa shape index (κ1) is 21.2. The van der Waals surface area contributed by atoms with Crippen molar-refractivity contribution < 1.29 is 4.74 Å². The van der Waals surface area contributed by atoms with Gasteiger partial charge in [-0.15, -0.1) is 0 Å². The molecule has 158 valence electrons. The van der Waals surface area contributed by atoms with Gasteiger partial charge in [-0.25, -0.2) is 0 Å². The minimum Gasteiger partial charge on any atom is -0.497 e. The molecular weight excluding hydrogens is 380 g/mol. The zero-order chi connectivity index (χ0) is 21.5. The molecule has 3 aromatic rings. The molecule has 0 aromatic heterocycles. The molecule has 4 rings (SSSR count). The van der Waals surface area contributed by atoms with E-state index >= 15 is 0 Å². The summed E-state index contributed by atoms with van der Waals surface area (Å²) in [6, 6.07) is 31.9. The van der Waals surface area contributed by atoms with Gasteiger partial charge in [0.25, 0.3) is 0 Å². The molecular formula is C28H30N2O. The molecule has 0 bridgehead atoms. The summed E-state index contributed by atoms with van der Waals surface area (Å²) in [6.07, 6.45) is 3.19. The minimum absolute atomic E-state index is 0.256. The molecule has 1 fully saturated rings. The van der Waals surface area contributed by atoms with Crippen LogP contribution in [0.15, 0.2) is 84.9 Å². The van der Waals surface area contributed by atoms with Crippen molar-refractivity contribution in [1.82, 2.24) is 4.90 Å². The van der Waals surface area contributed by atoms with Crippen LogP contribution in [0.25, 0.3) is 0 Å². The Morgan fingerprint density at radius 3 is 2.10 bits per heavy atom. The molecule has 31 heavy (non-hydrogen) atoms. The predicted molar refractivity (Wildman–Crippen MR) is 125 cm³/mol. The molecule has 1 heterocycles. The van der Waals surface area contributed by atoms with Crippen molar-refractivity contribution in [2.75, 3.05) is 26.7 Å². The number of methoxy groups -OCH3 is 1. The standard InChI is InChI=1S/C28H30N2O/c1-31-27-16-14-23(15-17-27)18-20-30-19-8-13-26(21-30)28(22-29,24-9-4-2-5-10-24)25-11-6-3-7-12-25/h2-7,9-12,14-17,26H,8,13,18-21H2,1H3. The average molecular weight is 411 g/mol. The summed E-state index contributed by atoms with van der Waals surface area (Å²) in [6.45, 7) is 3.04. The number of nitriles is 1. The molecule has 1 unspecified atom stereocenters. The maximum absolute atomic E-state index is 10.6. The molecule has 0 amide bonds. The highest BCUT2D eigenvalue weighted by Crippen LogP contribution is 2.42. The van der Waals surface area contributed by atoms with Crippen molar-refractivity contribution in [2.24, 2.45) is 5.92 Å². The van der Waals surface area contributed by atoms with Crippen LogP contribution in [-0.4, -0.2) is 31.6 Å². The van der Waals surface area contributed by atoms with Crippen LogP contribution >= 0.6 is 0 Å². The van der Waals surface area contributed by atoms with Crippen LogP contribution in [0.3, 0.4) is 0 Å². The number of likely N-dealkylation sites (tertiary alicyclic amines) is 1. The smallest absolute Gasteiger partial charge is 0.118 e. The number of nitrogens with zero attached hydrogens (tertiary/aromatic N) is 2. The van der Waals surface area contributed by atoms with Crippen molar-refractivity contribution >= 4 is 0 Å². The van der Waals surface area contributed by atoms with E-state index in [1.54, 1.807) is 7.11 Å². The first-order chi connectivity index (χ1) is 15.3. The Bertz CT molecular complexity index is 953. The summed E-state index contributed by atoms with van der Waals surface area (Å²) >= 11 is 0. The third-order valence-electron chi connectivity index (χ3n) is 6.63. The van der Waals surface area contributed by atoms with Crippen LogP contribution in [0.1, 0.15) is 29.5 Å². The van der Waals surface area contributed by atoms with Gasteiger partial charge in [-0.2, -0.15) is 5.26 Å². The second-order valence-electron chi connectivity index (χ2n) is 8.39. The van der Waals surface area contributed by atoms with E-state index in [0.29, 0.717) is 0 Å². The van der Waals surface area contributed by atoms with Gasteiger partial charge in [0, 0.05) is 13.1 Å². The number of ether oxygens (including phenoxy) is 1. The van der Waals surface area contributed by atoms with Gasteiger partial charge < -0.3 is 9.64 Å². The Morgan fingerprint density at radius 2 is 1.55 bits per heavy atom. The summed E-state index contributed by atoms with van der Waals surface area (Å²) in [5.41, 5.74) is 2.90. The lowest BCUT2D eigenvalue weighted by atomic mass is 9.64. The lowest BCUT2D eigenvalue weighted by Crippen LogP contribution is -2.46. The van der Waals surface area contributed by atoms with Crippen LogP contribution < -0.4 is 4.74 Å². The van der Waals surface area contributed by atoms with E-state index in [4.69, 9.17) is 4.74 Å². The Hall–Kier alpha value is -3.09. The highest BCUT2D eigenvalue weighted by atomic mass is 16.5. The first-order valence-corrected chi connectivity index (χ1v) is 11.1. The van der Waals surface area contributed by atoms with Crippen LogP contribution in [0.5, 0.6) is 5.75 Å². The molecule has 3 aromatic carbocycles. The van der Waals surface area contributed by atoms with Crippen molar-refractivity contribution in [3.63, 3.8) is 0 Å². The zero-order valence-electron chi connectivity index (χ0n) is 18.2. The van der Waals surface area contributed by atoms with Gasteiger partial charge in [-0.05, 0) is 60.5 Å². The van der Waals surface area contributed by atoms with Gasteiger partial charge in [-0.3, -0.25) is 0 Å². The molecule has 1 atom stereocenters. The van der Waals surface area contributed by atoms with E-state index in [1.807, 2.05) is 24.3 Å². The average Bonchev–Trinajstić information content (AvgIpc) is 2.85. The fourth-order valence-corrected chi connectivity index (χ4v) is 4.95. The topological polar surface area (TPSA) is 36.3 Å². The van der Waals surface area contributed by atoms with Crippen molar-refractivity contribution in [3.8, 4) is 11.8 Å². The lowest BCUT2D eigenvalue weighted by molar-refractivity contribution is 0.148. The summed E-state index contributed by atoms with van der Waals surface area (Å²) < 4.78 is 5.27. The van der Waals surface area contributed by atoms with Gasteiger partial charge >= 0.3 is 0 Å². The zero-order valence-corrected chi connectivity index (χ0v) is 18.2. The fraction of sp³-hybridized carbons (Fsp3) is 0.321. The minimum atomic E-state index is -0.624. The molecule has 0 spiro atoms. The van der Waals surface area contributed by atoms with Crippen LogP contribution in [-0.2, 0) is 11.8 Å². The van der Waals surface area contributed by atoms with Crippen molar-refractivity contribution in [1.29, 1.82) is 5.26 Å². The van der Waals surface area contributed by atoms with Gasteiger partial charge in [0.2, 0.25) is 0 Å². The number of benzene rings is 3. The van der Waals surface area contributed by atoms with E-state index < -0.39 is 5.41 Å². The summed E-state index contributed by atoms with van der Waals surface area (Å²) in [5.74, 6) is 1.15. The Morgan fingerprint density at radius 1 is 0.935 bits per heavy atom. The summed E-state index contributed by atoms with van der Waals surface area (Å²) in [7, 11) is 1.70. The first-order valence-electron chi connectivity index (χ1n) is 11.1. The molecule has 1 aliphatic rings. The van der Waals surface area contributed by atoms with E-state index in [1.165, 1.54) is 5.56 Å². The van der Waals surface area contributed by atoms with Gasteiger partial charge in [0.05, 0.1) is 13.2 Å². The molecule has 1 aliphatic heterocycles. The molecule has 0 aliphatic carbocycles. The quantitative estimate of drug-likeness (QED) is 0.519. The SMILES string of the molecule is COc1ccc(CCN2CCCC(C(C#N)(c3ccccc3)c3ccccc3)C2)cc1. The molecule has 0 N–H and O–H groups in total. The van der Waals surface area contributed by atoms with Gasteiger partial charge in [0.15, 0.2) is 0 Å². The van der Waals surface area contributed by atoms with E-state index in [9.17, 15) is 5.26 Å². The molecule has 3 heteroatoms.